The average molecular weight is 210 g/mol. The van der Waals surface area contributed by atoms with Crippen LogP contribution >= 0.6 is 19.3 Å². The van der Waals surface area contributed by atoms with Gasteiger partial charge >= 0.3 is 0 Å². The lowest BCUT2D eigenvalue weighted by atomic mass is 10.2. The van der Waals surface area contributed by atoms with Crippen molar-refractivity contribution in [2.75, 3.05) is 13.7 Å². The zero-order valence-electron chi connectivity index (χ0n) is 8.93. The van der Waals surface area contributed by atoms with E-state index in [1.807, 2.05) is 0 Å². The normalized spacial score (nSPS) is 34.1. The van der Waals surface area contributed by atoms with Gasteiger partial charge in [-0.25, -0.2) is 0 Å². The van der Waals surface area contributed by atoms with Crippen LogP contribution in [0.15, 0.2) is 0 Å². The average Bonchev–Trinajstić information content (AvgIpc) is 2.65. The summed E-state index contributed by atoms with van der Waals surface area (Å²) < 4.78 is 29.8. The van der Waals surface area contributed by atoms with Gasteiger partial charge in [0.1, 0.15) is 7.53 Å². The van der Waals surface area contributed by atoms with Crippen molar-refractivity contribution in [2.24, 2.45) is 0 Å². The van der Waals surface area contributed by atoms with E-state index < -0.39 is 7.61 Å². The second-order valence-electron chi connectivity index (χ2n) is 2.47. The third-order valence-corrected chi connectivity index (χ3v) is 2.58. The number of hydrogen-bond acceptors (Lipinski definition) is 4. The van der Waals surface area contributed by atoms with Crippen LogP contribution in [-0.4, -0.2) is 36.3 Å². The molecule has 3 unspecified atom stereocenters. The summed E-state index contributed by atoms with van der Waals surface area (Å²) in [6.45, 7) is 0.468. The molecular weight excluding hydrogens is 194 g/mol. The van der Waals surface area contributed by atoms with E-state index in [1.54, 1.807) is 7.11 Å². The molecule has 6 heteroatoms. The summed E-state index contributed by atoms with van der Waals surface area (Å²) in [6.07, 6.45) is 1.80. The van der Waals surface area contributed by atoms with Crippen LogP contribution in [0.25, 0.3) is 0 Å². The molecule has 1 fully saturated rings. The number of ether oxygens (including phenoxy) is 2. The second-order valence-corrected chi connectivity index (χ2v) is 4.14. The minimum absolute atomic E-state index is 0.0709. The van der Waals surface area contributed by atoms with Crippen LogP contribution in [0.5, 0.6) is 0 Å². The quantitative estimate of drug-likeness (QED) is 0.374. The predicted molar refractivity (Wildman–Crippen MR) is 53.9 cm³/mol. The van der Waals surface area contributed by atoms with Crippen LogP contribution in [0.4, 0.5) is 0 Å². The Bertz CT molecular complexity index is 170. The highest BCUT2D eigenvalue weighted by Crippen LogP contribution is 2.27. The highest BCUT2D eigenvalue weighted by atomic mass is 32.7. The lowest BCUT2D eigenvalue weighted by Crippen LogP contribution is -2.16. The molecule has 0 spiro atoms. The van der Waals surface area contributed by atoms with E-state index in [0.717, 1.165) is 32.0 Å². The molecule has 69 valence electrons. The molecule has 0 bridgehead atoms. The van der Waals surface area contributed by atoms with Gasteiger partial charge < -0.3 is 13.7 Å². The van der Waals surface area contributed by atoms with Crippen LogP contribution in [0.2, 0.25) is 0 Å². The maximum absolute atomic E-state index is 7.26. The van der Waals surface area contributed by atoms with Crippen molar-refractivity contribution in [3.05, 3.63) is 0 Å². The molecule has 0 aromatic heterocycles. The molecule has 12 heavy (non-hydrogen) atoms. The molecule has 0 N–H and O–H groups in total. The third kappa shape index (κ3) is 3.63. The Hall–Kier alpha value is 0.725. The monoisotopic (exact) mass is 210 g/mol. The molecule has 1 rings (SSSR count). The zero-order valence-corrected chi connectivity index (χ0v) is 8.64. The topological polar surface area (TPSA) is 27.7 Å². The van der Waals surface area contributed by atoms with Gasteiger partial charge in [0, 0.05) is 25.2 Å². The van der Waals surface area contributed by atoms with Gasteiger partial charge in [-0.2, -0.15) is 0 Å². The Labute approximate surface area is 82.6 Å². The molecule has 1 aliphatic rings. The molecule has 1 heterocycles. The van der Waals surface area contributed by atoms with Gasteiger partial charge in [0.2, 0.25) is 0 Å². The van der Waals surface area contributed by atoms with Gasteiger partial charge in [-0.3, -0.25) is 0 Å². The maximum atomic E-state index is 7.26. The molecule has 3 nitrogen and oxygen atoms in total. The molecule has 0 aromatic rings. The van der Waals surface area contributed by atoms with Crippen molar-refractivity contribution in [3.8, 4) is 0 Å². The third-order valence-electron chi connectivity index (χ3n) is 1.68. The Balaban J connectivity index is 2.03. The van der Waals surface area contributed by atoms with E-state index in [0.29, 0.717) is 6.61 Å². The van der Waals surface area contributed by atoms with Gasteiger partial charge in [-0.1, -0.05) is 7.61 Å². The van der Waals surface area contributed by atoms with E-state index in [2.05, 4.69) is 0 Å². The largest absolute Gasteiger partial charge is 0.356 e. The molecular formula is C6H13BO3PS. The maximum Gasteiger partial charge on any atom is 0.157 e. The lowest BCUT2D eigenvalue weighted by Gasteiger charge is -2.11. The Morgan fingerprint density at radius 1 is 2.00 bits per heavy atom. The Morgan fingerprint density at radius 3 is 3.58 bits per heavy atom. The van der Waals surface area contributed by atoms with Gasteiger partial charge in [0.05, 0.1) is 14.0 Å². The summed E-state index contributed by atoms with van der Waals surface area (Å²) >= 11 is 1.04. The fourth-order valence-corrected chi connectivity index (χ4v) is 1.74. The first kappa shape index (κ1) is 8.07. The van der Waals surface area contributed by atoms with Gasteiger partial charge in [0.25, 0.3) is 0 Å². The van der Waals surface area contributed by atoms with Crippen molar-refractivity contribution in [1.29, 1.82) is 2.61 Å². The lowest BCUT2D eigenvalue weighted by molar-refractivity contribution is -0.120. The highest BCUT2D eigenvalue weighted by molar-refractivity contribution is 8.53. The smallest absolute Gasteiger partial charge is 0.157 e. The standard InChI is InChI=1S/C6H13BO3PS/c1-8-6-3-2-5(10-6)4-9-12-11-7/h5-7,11H,2-4H2,1H3/i7T,11D. The van der Waals surface area contributed by atoms with Gasteiger partial charge in [0.15, 0.2) is 6.29 Å². The summed E-state index contributed by atoms with van der Waals surface area (Å²) in [5.74, 6) is 0. The van der Waals surface area contributed by atoms with Crippen LogP contribution < -0.4 is 0 Å². The van der Waals surface area contributed by atoms with E-state index in [4.69, 9.17) is 16.3 Å². The van der Waals surface area contributed by atoms with Gasteiger partial charge in [-0.15, -0.1) is 0 Å². The summed E-state index contributed by atoms with van der Waals surface area (Å²) in [7, 11) is 1.50. The predicted octanol–water partition coefficient (Wildman–Crippen LogP) is 1.21. The first-order valence-electron chi connectivity index (χ1n) is 4.76. The Morgan fingerprint density at radius 2 is 2.92 bits per heavy atom. The first-order chi connectivity index (χ1) is 6.76. The molecule has 1 aliphatic heterocycles. The number of rotatable bonds is 6. The van der Waals surface area contributed by atoms with Gasteiger partial charge in [-0.05, 0) is 7.76 Å². The van der Waals surface area contributed by atoms with Crippen molar-refractivity contribution >= 4 is 26.8 Å². The number of methoxy groups -OCH3 is 1. The van der Waals surface area contributed by atoms with Crippen molar-refractivity contribution in [1.82, 2.24) is 0 Å². The SMILES string of the molecule is [2H]P([B][3H])SOCC1CCC(OC)O1. The first-order valence-corrected chi connectivity index (χ1v) is 6.05. The zero-order chi connectivity index (χ0) is 10.4. The Kier molecular flexibility index (Phi) is 4.18. The van der Waals surface area contributed by atoms with E-state index in [9.17, 15) is 0 Å². The van der Waals surface area contributed by atoms with E-state index >= 15 is 0 Å². The van der Waals surface area contributed by atoms with Crippen LogP contribution in [0.3, 0.4) is 0 Å². The van der Waals surface area contributed by atoms with Crippen molar-refractivity contribution in [3.63, 3.8) is 0 Å². The molecule has 0 amide bonds. The fraction of sp³-hybridized carbons (Fsp3) is 1.00. The van der Waals surface area contributed by atoms with E-state index in [1.165, 1.54) is 0 Å². The summed E-state index contributed by atoms with van der Waals surface area (Å²) in [4.78, 5) is 0. The summed E-state index contributed by atoms with van der Waals surface area (Å²) in [5.41, 5.74) is 0. The van der Waals surface area contributed by atoms with Crippen LogP contribution in [-0.2, 0) is 13.7 Å². The summed E-state index contributed by atoms with van der Waals surface area (Å²) in [6, 6.07) is 0. The van der Waals surface area contributed by atoms with Crippen LogP contribution in [0.1, 0.15) is 12.8 Å². The molecule has 0 saturated carbocycles. The number of hydrogen-bond donors (Lipinski definition) is 0. The molecule has 1 radical (unpaired) electrons. The molecule has 0 aliphatic carbocycles. The van der Waals surface area contributed by atoms with Crippen molar-refractivity contribution in [2.45, 2.75) is 25.2 Å². The molecule has 0 aromatic carbocycles. The molecule has 1 saturated heterocycles. The summed E-state index contributed by atoms with van der Waals surface area (Å²) in [5, 5.41) is 0. The van der Waals surface area contributed by atoms with Crippen molar-refractivity contribution < 1.29 is 13.7 Å². The minimum atomic E-state index is -1.21. The fourth-order valence-electron chi connectivity index (χ4n) is 1.11. The minimum Gasteiger partial charge on any atom is -0.356 e. The second kappa shape index (κ2) is 6.22. The highest BCUT2D eigenvalue weighted by Gasteiger charge is 2.24. The van der Waals surface area contributed by atoms with E-state index in [-0.39, 0.29) is 12.4 Å². The molecule has 3 atom stereocenters. The van der Waals surface area contributed by atoms with Crippen LogP contribution in [0, 0.1) is 0 Å².